The standard InChI is InChI=1S/C9H12N2OS/c10-7-1-3-8(4-2-7)13-6-5-9(11)12/h1-4H,5-6,10H2,(H2,11,12). The lowest BCUT2D eigenvalue weighted by Gasteiger charge is -1.99. The molecule has 0 aliphatic rings. The van der Waals surface area contributed by atoms with Crippen LogP contribution in [0.3, 0.4) is 0 Å². The molecular weight excluding hydrogens is 184 g/mol. The first-order valence-electron chi connectivity index (χ1n) is 3.95. The fourth-order valence-electron chi connectivity index (χ4n) is 0.834. The fourth-order valence-corrected chi connectivity index (χ4v) is 1.70. The largest absolute Gasteiger partial charge is 0.399 e. The van der Waals surface area contributed by atoms with Crippen LogP contribution < -0.4 is 11.5 Å². The van der Waals surface area contributed by atoms with Gasteiger partial charge < -0.3 is 11.5 Å². The summed E-state index contributed by atoms with van der Waals surface area (Å²) in [6.45, 7) is 0. The van der Waals surface area contributed by atoms with E-state index in [2.05, 4.69) is 0 Å². The molecule has 0 saturated heterocycles. The molecule has 0 aliphatic heterocycles. The first-order chi connectivity index (χ1) is 6.18. The Morgan fingerprint density at radius 1 is 1.31 bits per heavy atom. The van der Waals surface area contributed by atoms with E-state index in [-0.39, 0.29) is 5.91 Å². The van der Waals surface area contributed by atoms with E-state index in [0.29, 0.717) is 6.42 Å². The first-order valence-corrected chi connectivity index (χ1v) is 4.93. The Kier molecular flexibility index (Phi) is 3.64. The topological polar surface area (TPSA) is 69.1 Å². The third-order valence-corrected chi connectivity index (χ3v) is 2.51. The second-order valence-electron chi connectivity index (χ2n) is 2.63. The third kappa shape index (κ3) is 3.85. The van der Waals surface area contributed by atoms with E-state index in [4.69, 9.17) is 11.5 Å². The van der Waals surface area contributed by atoms with Crippen LogP contribution in [0.4, 0.5) is 5.69 Å². The number of benzene rings is 1. The van der Waals surface area contributed by atoms with E-state index in [0.717, 1.165) is 16.3 Å². The molecule has 4 N–H and O–H groups in total. The number of carbonyl (C=O) groups excluding carboxylic acids is 1. The van der Waals surface area contributed by atoms with Gasteiger partial charge in [0.1, 0.15) is 0 Å². The number of carbonyl (C=O) groups is 1. The lowest BCUT2D eigenvalue weighted by Crippen LogP contribution is -2.10. The van der Waals surface area contributed by atoms with Gasteiger partial charge >= 0.3 is 0 Å². The number of rotatable bonds is 4. The number of hydrogen-bond donors (Lipinski definition) is 2. The van der Waals surface area contributed by atoms with Crippen molar-refractivity contribution in [2.75, 3.05) is 11.5 Å². The van der Waals surface area contributed by atoms with Crippen LogP contribution in [-0.2, 0) is 4.79 Å². The number of hydrogen-bond acceptors (Lipinski definition) is 3. The molecule has 0 aromatic heterocycles. The summed E-state index contributed by atoms with van der Waals surface area (Å²) in [4.78, 5) is 11.5. The van der Waals surface area contributed by atoms with Crippen LogP contribution in [0.5, 0.6) is 0 Å². The van der Waals surface area contributed by atoms with Crippen molar-refractivity contribution >= 4 is 23.4 Å². The molecule has 0 atom stereocenters. The van der Waals surface area contributed by atoms with Crippen LogP contribution in [0.15, 0.2) is 29.2 Å². The Morgan fingerprint density at radius 2 is 1.92 bits per heavy atom. The zero-order valence-corrected chi connectivity index (χ0v) is 8.01. The second kappa shape index (κ2) is 4.77. The van der Waals surface area contributed by atoms with E-state index >= 15 is 0 Å². The number of thioether (sulfide) groups is 1. The predicted molar refractivity (Wildman–Crippen MR) is 55.4 cm³/mol. The van der Waals surface area contributed by atoms with Crippen molar-refractivity contribution in [1.29, 1.82) is 0 Å². The normalized spacial score (nSPS) is 9.85. The Balaban J connectivity index is 2.37. The number of nitrogens with two attached hydrogens (primary N) is 2. The summed E-state index contributed by atoms with van der Waals surface area (Å²) in [5.41, 5.74) is 11.3. The maximum atomic E-state index is 10.4. The van der Waals surface area contributed by atoms with Crippen molar-refractivity contribution in [3.63, 3.8) is 0 Å². The molecule has 1 rings (SSSR count). The van der Waals surface area contributed by atoms with Gasteiger partial charge in [-0.1, -0.05) is 0 Å². The predicted octanol–water partition coefficient (Wildman–Crippen LogP) is 1.24. The van der Waals surface area contributed by atoms with Gasteiger partial charge in [-0.15, -0.1) is 11.8 Å². The highest BCUT2D eigenvalue weighted by Crippen LogP contribution is 2.19. The highest BCUT2D eigenvalue weighted by atomic mass is 32.2. The summed E-state index contributed by atoms with van der Waals surface area (Å²) in [6, 6.07) is 7.54. The van der Waals surface area contributed by atoms with Gasteiger partial charge in [0.15, 0.2) is 0 Å². The van der Waals surface area contributed by atoms with Crippen LogP contribution in [-0.4, -0.2) is 11.7 Å². The molecule has 0 saturated carbocycles. The van der Waals surface area contributed by atoms with Crippen LogP contribution in [0.2, 0.25) is 0 Å². The molecule has 0 bridgehead atoms. The Bertz CT molecular complexity index is 284. The number of primary amides is 1. The Morgan fingerprint density at radius 3 is 2.46 bits per heavy atom. The van der Waals surface area contributed by atoms with Crippen molar-refractivity contribution in [2.24, 2.45) is 5.73 Å². The van der Waals surface area contributed by atoms with E-state index in [1.807, 2.05) is 24.3 Å². The minimum atomic E-state index is -0.261. The summed E-state index contributed by atoms with van der Waals surface area (Å²) >= 11 is 1.60. The lowest BCUT2D eigenvalue weighted by atomic mass is 10.3. The SMILES string of the molecule is NC(=O)CCSc1ccc(N)cc1. The maximum Gasteiger partial charge on any atom is 0.218 e. The van der Waals surface area contributed by atoms with E-state index in [1.54, 1.807) is 11.8 Å². The van der Waals surface area contributed by atoms with E-state index < -0.39 is 0 Å². The van der Waals surface area contributed by atoms with Gasteiger partial charge in [0.05, 0.1) is 0 Å². The van der Waals surface area contributed by atoms with Gasteiger partial charge in [0.25, 0.3) is 0 Å². The van der Waals surface area contributed by atoms with Crippen LogP contribution in [0, 0.1) is 0 Å². The monoisotopic (exact) mass is 196 g/mol. The van der Waals surface area contributed by atoms with Gasteiger partial charge in [-0.05, 0) is 24.3 Å². The number of amides is 1. The van der Waals surface area contributed by atoms with Crippen molar-refractivity contribution in [3.05, 3.63) is 24.3 Å². The summed E-state index contributed by atoms with van der Waals surface area (Å²) in [5.74, 6) is 0.460. The summed E-state index contributed by atoms with van der Waals surface area (Å²) < 4.78 is 0. The Labute approximate surface area is 81.5 Å². The van der Waals surface area contributed by atoms with Crippen molar-refractivity contribution < 1.29 is 4.79 Å². The van der Waals surface area contributed by atoms with E-state index in [9.17, 15) is 4.79 Å². The highest BCUT2D eigenvalue weighted by Gasteiger charge is 1.96. The molecule has 0 heterocycles. The summed E-state index contributed by atoms with van der Waals surface area (Å²) in [7, 11) is 0. The molecule has 70 valence electrons. The van der Waals surface area contributed by atoms with Gasteiger partial charge in [-0.2, -0.15) is 0 Å². The Hall–Kier alpha value is -1.16. The molecule has 0 aliphatic carbocycles. The molecule has 0 spiro atoms. The quantitative estimate of drug-likeness (QED) is 0.562. The average molecular weight is 196 g/mol. The molecule has 3 nitrogen and oxygen atoms in total. The minimum absolute atomic E-state index is 0.261. The number of anilines is 1. The van der Waals surface area contributed by atoms with Crippen molar-refractivity contribution in [1.82, 2.24) is 0 Å². The number of nitrogen functional groups attached to an aromatic ring is 1. The van der Waals surface area contributed by atoms with Gasteiger partial charge in [0, 0.05) is 22.8 Å². The third-order valence-electron chi connectivity index (χ3n) is 1.50. The van der Waals surface area contributed by atoms with Gasteiger partial charge in [0.2, 0.25) is 5.91 Å². The summed E-state index contributed by atoms with van der Waals surface area (Å²) in [6.07, 6.45) is 0.412. The van der Waals surface area contributed by atoms with Crippen LogP contribution in [0.25, 0.3) is 0 Å². The van der Waals surface area contributed by atoms with E-state index in [1.165, 1.54) is 0 Å². The molecule has 0 radical (unpaired) electrons. The van der Waals surface area contributed by atoms with Crippen molar-refractivity contribution in [2.45, 2.75) is 11.3 Å². The molecule has 1 amide bonds. The fraction of sp³-hybridized carbons (Fsp3) is 0.222. The smallest absolute Gasteiger partial charge is 0.218 e. The summed E-state index contributed by atoms with van der Waals surface area (Å²) in [5, 5.41) is 0. The van der Waals surface area contributed by atoms with Crippen molar-refractivity contribution in [3.8, 4) is 0 Å². The molecule has 13 heavy (non-hydrogen) atoms. The molecule has 4 heteroatoms. The van der Waals surface area contributed by atoms with Crippen LogP contribution >= 0.6 is 11.8 Å². The van der Waals surface area contributed by atoms with Crippen LogP contribution in [0.1, 0.15) is 6.42 Å². The maximum absolute atomic E-state index is 10.4. The lowest BCUT2D eigenvalue weighted by molar-refractivity contribution is -0.117. The first kappa shape index (κ1) is 9.92. The zero-order valence-electron chi connectivity index (χ0n) is 7.19. The van der Waals surface area contributed by atoms with Gasteiger partial charge in [-0.25, -0.2) is 0 Å². The molecule has 1 aromatic rings. The molecule has 0 unspecified atom stereocenters. The molecule has 1 aromatic carbocycles. The zero-order chi connectivity index (χ0) is 9.68. The average Bonchev–Trinajstić information content (AvgIpc) is 2.08. The second-order valence-corrected chi connectivity index (χ2v) is 3.80. The minimum Gasteiger partial charge on any atom is -0.399 e. The van der Waals surface area contributed by atoms with Gasteiger partial charge in [-0.3, -0.25) is 4.79 Å². The highest BCUT2D eigenvalue weighted by molar-refractivity contribution is 7.99. The molecular formula is C9H12N2OS. The molecule has 0 fully saturated rings.